The number of anilines is 1. The summed E-state index contributed by atoms with van der Waals surface area (Å²) in [6.45, 7) is 8.51. The van der Waals surface area contributed by atoms with Gasteiger partial charge >= 0.3 is 0 Å². The van der Waals surface area contributed by atoms with Gasteiger partial charge in [-0.15, -0.1) is 0 Å². The largest absolute Gasteiger partial charge is 0.493 e. The van der Waals surface area contributed by atoms with Crippen LogP contribution in [0.4, 0.5) is 10.1 Å². The van der Waals surface area contributed by atoms with Gasteiger partial charge in [0.05, 0.1) is 24.8 Å². The molecule has 0 unspecified atom stereocenters. The molecule has 3 aromatic rings. The molecule has 2 amide bonds. The molecule has 43 heavy (non-hydrogen) atoms. The Morgan fingerprint density at radius 2 is 1.53 bits per heavy atom. The molecule has 3 aromatic carbocycles. The average molecular weight is 614 g/mol. The van der Waals surface area contributed by atoms with Crippen molar-refractivity contribution < 1.29 is 31.9 Å². The Balaban J connectivity index is 2.10. The lowest BCUT2D eigenvalue weighted by molar-refractivity contribution is -0.141. The third-order valence-corrected chi connectivity index (χ3v) is 8.46. The molecule has 11 heteroatoms. The number of amides is 2. The number of ether oxygens (including phenoxy) is 2. The fourth-order valence-corrected chi connectivity index (χ4v) is 5.93. The highest BCUT2D eigenvalue weighted by Crippen LogP contribution is 2.32. The van der Waals surface area contributed by atoms with Gasteiger partial charge < -0.3 is 19.7 Å². The van der Waals surface area contributed by atoms with Crippen molar-refractivity contribution in [3.05, 3.63) is 83.7 Å². The number of sulfonamides is 1. The minimum atomic E-state index is -4.31. The first-order valence-corrected chi connectivity index (χ1v) is 15.3. The normalized spacial score (nSPS) is 12.3. The molecular weight excluding hydrogens is 573 g/mol. The summed E-state index contributed by atoms with van der Waals surface area (Å²) >= 11 is 0. The lowest BCUT2D eigenvalue weighted by Crippen LogP contribution is -2.55. The van der Waals surface area contributed by atoms with Crippen LogP contribution in [-0.2, 0) is 26.2 Å². The molecule has 232 valence electrons. The summed E-state index contributed by atoms with van der Waals surface area (Å²) in [7, 11) is -1.47. The number of methoxy groups -OCH3 is 2. The number of hydrogen-bond donors (Lipinski definition) is 1. The quantitative estimate of drug-likeness (QED) is 0.306. The number of carbonyl (C=O) groups is 2. The number of benzene rings is 3. The second-order valence-electron chi connectivity index (χ2n) is 11.2. The molecule has 0 saturated carbocycles. The number of nitrogens with zero attached hydrogens (tertiary/aromatic N) is 2. The van der Waals surface area contributed by atoms with E-state index in [1.807, 2.05) is 27.7 Å². The number of carbonyl (C=O) groups excluding carboxylic acids is 2. The van der Waals surface area contributed by atoms with E-state index >= 15 is 0 Å². The van der Waals surface area contributed by atoms with E-state index in [1.165, 1.54) is 61.6 Å². The van der Waals surface area contributed by atoms with E-state index in [4.69, 9.17) is 9.47 Å². The van der Waals surface area contributed by atoms with Crippen molar-refractivity contribution in [3.63, 3.8) is 0 Å². The Morgan fingerprint density at radius 1 is 0.930 bits per heavy atom. The number of rotatable bonds is 12. The van der Waals surface area contributed by atoms with Crippen LogP contribution < -0.4 is 19.1 Å². The van der Waals surface area contributed by atoms with Gasteiger partial charge in [-0.1, -0.05) is 36.8 Å². The highest BCUT2D eigenvalue weighted by Gasteiger charge is 2.35. The number of halogens is 1. The standard InChI is InChI=1S/C32H40FN3O6S/c1-8-27(31(38)34-32(3,4)5)35(20-23-11-13-24(33)14-12-23)30(37)21-36(25-15-9-22(2)10-16-25)43(39,40)26-17-18-28(41-6)29(19-26)42-7/h9-19,27H,8,20-21H2,1-7H3,(H,34,38)/t27-/m0/s1. The number of aryl methyl sites for hydroxylation is 1. The molecule has 9 nitrogen and oxygen atoms in total. The zero-order valence-corrected chi connectivity index (χ0v) is 26.5. The van der Waals surface area contributed by atoms with Crippen molar-refractivity contribution >= 4 is 27.5 Å². The third-order valence-electron chi connectivity index (χ3n) is 6.69. The summed E-state index contributed by atoms with van der Waals surface area (Å²) in [5.74, 6) is -0.868. The van der Waals surface area contributed by atoms with E-state index in [1.54, 1.807) is 31.2 Å². The van der Waals surface area contributed by atoms with Gasteiger partial charge in [-0.05, 0) is 76.1 Å². The van der Waals surface area contributed by atoms with Crippen LogP contribution in [0.3, 0.4) is 0 Å². The maximum absolute atomic E-state index is 14.2. The van der Waals surface area contributed by atoms with Crippen molar-refractivity contribution in [2.24, 2.45) is 0 Å². The van der Waals surface area contributed by atoms with Crippen LogP contribution in [-0.4, -0.2) is 57.5 Å². The van der Waals surface area contributed by atoms with Crippen molar-refractivity contribution in [2.75, 3.05) is 25.1 Å². The molecule has 0 heterocycles. The van der Waals surface area contributed by atoms with Crippen LogP contribution in [0.5, 0.6) is 11.5 Å². The number of nitrogens with one attached hydrogen (secondary N) is 1. The summed E-state index contributed by atoms with van der Waals surface area (Å²) in [5, 5.41) is 2.92. The topological polar surface area (TPSA) is 105 Å². The zero-order valence-electron chi connectivity index (χ0n) is 25.7. The molecule has 0 spiro atoms. The fraction of sp³-hybridized carbons (Fsp3) is 0.375. The summed E-state index contributed by atoms with van der Waals surface area (Å²) < 4.78 is 53.5. The van der Waals surface area contributed by atoms with Crippen LogP contribution in [0, 0.1) is 12.7 Å². The maximum Gasteiger partial charge on any atom is 0.264 e. The van der Waals surface area contributed by atoms with Gasteiger partial charge in [0.15, 0.2) is 11.5 Å². The van der Waals surface area contributed by atoms with Gasteiger partial charge in [-0.3, -0.25) is 13.9 Å². The molecule has 0 aliphatic heterocycles. The third kappa shape index (κ3) is 8.47. The maximum atomic E-state index is 14.2. The monoisotopic (exact) mass is 613 g/mol. The second-order valence-corrected chi connectivity index (χ2v) is 13.0. The molecule has 0 saturated heterocycles. The van der Waals surface area contributed by atoms with Gasteiger partial charge in [0.2, 0.25) is 11.8 Å². The first-order valence-electron chi connectivity index (χ1n) is 13.9. The van der Waals surface area contributed by atoms with Gasteiger partial charge in [-0.2, -0.15) is 0 Å². The predicted octanol–water partition coefficient (Wildman–Crippen LogP) is 5.07. The molecule has 3 rings (SSSR count). The molecule has 0 aliphatic rings. The minimum absolute atomic E-state index is 0.0344. The van der Waals surface area contributed by atoms with Gasteiger partial charge in [0.1, 0.15) is 18.4 Å². The van der Waals surface area contributed by atoms with Crippen LogP contribution in [0.15, 0.2) is 71.6 Å². The lowest BCUT2D eigenvalue weighted by atomic mass is 10.1. The molecule has 0 bridgehead atoms. The smallest absolute Gasteiger partial charge is 0.264 e. The molecular formula is C32H40FN3O6S. The zero-order chi connectivity index (χ0) is 31.9. The van der Waals surface area contributed by atoms with E-state index < -0.39 is 39.9 Å². The van der Waals surface area contributed by atoms with E-state index in [0.29, 0.717) is 11.3 Å². The Morgan fingerprint density at radius 3 is 2.07 bits per heavy atom. The molecule has 0 radical (unpaired) electrons. The first-order chi connectivity index (χ1) is 20.2. The van der Waals surface area contributed by atoms with Crippen molar-refractivity contribution in [1.29, 1.82) is 0 Å². The van der Waals surface area contributed by atoms with Crippen LogP contribution in [0.1, 0.15) is 45.2 Å². The summed E-state index contributed by atoms with van der Waals surface area (Å²) in [5.41, 5.74) is 1.19. The summed E-state index contributed by atoms with van der Waals surface area (Å²) in [4.78, 5) is 28.8. The van der Waals surface area contributed by atoms with Crippen molar-refractivity contribution in [3.8, 4) is 11.5 Å². The minimum Gasteiger partial charge on any atom is -0.493 e. The van der Waals surface area contributed by atoms with E-state index in [-0.39, 0.29) is 35.2 Å². The fourth-order valence-electron chi connectivity index (χ4n) is 4.50. The van der Waals surface area contributed by atoms with Gasteiger partial charge in [0, 0.05) is 18.2 Å². The van der Waals surface area contributed by atoms with Gasteiger partial charge in [0.25, 0.3) is 10.0 Å². The van der Waals surface area contributed by atoms with Crippen molar-refractivity contribution in [2.45, 2.75) is 64.1 Å². The molecule has 0 fully saturated rings. The lowest BCUT2D eigenvalue weighted by Gasteiger charge is -2.34. The molecule has 1 N–H and O–H groups in total. The summed E-state index contributed by atoms with van der Waals surface area (Å²) in [6.07, 6.45) is 0.266. The Bertz CT molecular complexity index is 1520. The Hall–Kier alpha value is -4.12. The summed E-state index contributed by atoms with van der Waals surface area (Å²) in [6, 6.07) is 15.6. The van der Waals surface area contributed by atoms with E-state index in [2.05, 4.69) is 5.32 Å². The van der Waals surface area contributed by atoms with E-state index in [0.717, 1.165) is 9.87 Å². The van der Waals surface area contributed by atoms with Crippen LogP contribution in [0.25, 0.3) is 0 Å². The molecule has 0 aliphatic carbocycles. The Kier molecular flexibility index (Phi) is 10.8. The molecule has 0 aromatic heterocycles. The molecule has 1 atom stereocenters. The van der Waals surface area contributed by atoms with E-state index in [9.17, 15) is 22.4 Å². The average Bonchev–Trinajstić information content (AvgIpc) is 2.95. The first kappa shape index (κ1) is 33.4. The Labute approximate surface area is 253 Å². The highest BCUT2D eigenvalue weighted by atomic mass is 32.2. The SMILES string of the molecule is CC[C@@H](C(=O)NC(C)(C)C)N(Cc1ccc(F)cc1)C(=O)CN(c1ccc(C)cc1)S(=O)(=O)c1ccc(OC)c(OC)c1. The second kappa shape index (κ2) is 13.9. The van der Waals surface area contributed by atoms with Gasteiger partial charge in [-0.25, -0.2) is 12.8 Å². The highest BCUT2D eigenvalue weighted by molar-refractivity contribution is 7.92. The van der Waals surface area contributed by atoms with Crippen molar-refractivity contribution in [1.82, 2.24) is 10.2 Å². The van der Waals surface area contributed by atoms with Crippen LogP contribution >= 0.6 is 0 Å². The number of hydrogen-bond acceptors (Lipinski definition) is 6. The predicted molar refractivity (Wildman–Crippen MR) is 164 cm³/mol. The van der Waals surface area contributed by atoms with Crippen LogP contribution in [0.2, 0.25) is 0 Å².